The predicted molar refractivity (Wildman–Crippen MR) is 123 cm³/mol. The summed E-state index contributed by atoms with van der Waals surface area (Å²) in [5.74, 6) is 1.01. The fourth-order valence-electron chi connectivity index (χ4n) is 2.91. The second-order valence-corrected chi connectivity index (χ2v) is 7.33. The highest BCUT2D eigenvalue weighted by atomic mass is 16.5. The largest absolute Gasteiger partial charge is 0.493 e. The number of rotatable bonds is 9. The highest BCUT2D eigenvalue weighted by Crippen LogP contribution is 2.34. The summed E-state index contributed by atoms with van der Waals surface area (Å²) in [6.45, 7) is 1.27. The number of carbonyl (C=O) groups is 1. The Bertz CT molecular complexity index is 1140. The van der Waals surface area contributed by atoms with E-state index >= 15 is 0 Å². The third-order valence-corrected chi connectivity index (χ3v) is 4.63. The van der Waals surface area contributed by atoms with Gasteiger partial charge >= 0.3 is 0 Å². The van der Waals surface area contributed by atoms with Crippen molar-refractivity contribution in [3.05, 3.63) is 70.6 Å². The minimum absolute atomic E-state index is 0.191. The number of carbonyl (C=O) groups excluding carboxylic acids is 1. The maximum atomic E-state index is 12.8. The van der Waals surface area contributed by atoms with Crippen LogP contribution in [0.5, 0.6) is 17.2 Å². The van der Waals surface area contributed by atoms with E-state index in [1.807, 2.05) is 25.1 Å². The molecule has 2 N–H and O–H groups in total. The Balaban J connectivity index is 1.86. The van der Waals surface area contributed by atoms with Crippen LogP contribution >= 0.6 is 0 Å². The monoisotopic (exact) mass is 437 g/mol. The van der Waals surface area contributed by atoms with Gasteiger partial charge in [-0.1, -0.05) is 18.2 Å². The van der Waals surface area contributed by atoms with Crippen molar-refractivity contribution in [1.82, 2.24) is 20.0 Å². The van der Waals surface area contributed by atoms with Gasteiger partial charge < -0.3 is 25.0 Å². The number of benzene rings is 2. The van der Waals surface area contributed by atoms with Crippen LogP contribution in [0.1, 0.15) is 10.4 Å². The van der Waals surface area contributed by atoms with E-state index in [2.05, 4.69) is 15.7 Å². The Labute approximate surface area is 186 Å². The van der Waals surface area contributed by atoms with Gasteiger partial charge in [-0.25, -0.2) is 4.68 Å². The Kier molecular flexibility index (Phi) is 7.45. The molecule has 0 fully saturated rings. The zero-order chi connectivity index (χ0) is 23.1. The van der Waals surface area contributed by atoms with Gasteiger partial charge in [-0.05, 0) is 44.4 Å². The molecule has 9 nitrogen and oxygen atoms in total. The molecule has 0 spiro atoms. The molecule has 3 rings (SSSR count). The van der Waals surface area contributed by atoms with Crippen molar-refractivity contribution in [1.29, 1.82) is 0 Å². The molecule has 168 valence electrons. The summed E-state index contributed by atoms with van der Waals surface area (Å²) in [5.41, 5.74) is 0.863. The Morgan fingerprint density at radius 1 is 1.09 bits per heavy atom. The molecule has 0 aliphatic rings. The van der Waals surface area contributed by atoms with Gasteiger partial charge in [0.2, 0.25) is 0 Å². The average molecular weight is 438 g/mol. The number of nitrogens with zero attached hydrogens (tertiary/aromatic N) is 3. The summed E-state index contributed by atoms with van der Waals surface area (Å²) in [4.78, 5) is 27.3. The fraction of sp³-hybridized carbons (Fsp3) is 0.261. The molecule has 32 heavy (non-hydrogen) atoms. The molecule has 9 heteroatoms. The molecule has 1 aromatic heterocycles. The second kappa shape index (κ2) is 10.5. The van der Waals surface area contributed by atoms with Crippen molar-refractivity contribution in [3.63, 3.8) is 0 Å². The number of nitrogens with one attached hydrogen (secondary N) is 2. The normalized spacial score (nSPS) is 10.7. The highest BCUT2D eigenvalue weighted by molar-refractivity contribution is 5.95. The minimum atomic E-state index is -0.377. The van der Waals surface area contributed by atoms with Crippen molar-refractivity contribution < 1.29 is 14.3 Å². The van der Waals surface area contributed by atoms with Crippen LogP contribution in [0.2, 0.25) is 0 Å². The van der Waals surface area contributed by atoms with Crippen LogP contribution in [-0.2, 0) is 7.05 Å². The Hall–Kier alpha value is -3.85. The van der Waals surface area contributed by atoms with Gasteiger partial charge in [0.1, 0.15) is 0 Å². The van der Waals surface area contributed by atoms with E-state index < -0.39 is 0 Å². The van der Waals surface area contributed by atoms with Crippen molar-refractivity contribution in [2.45, 2.75) is 0 Å². The van der Waals surface area contributed by atoms with Gasteiger partial charge in [-0.2, -0.15) is 5.10 Å². The van der Waals surface area contributed by atoms with Crippen LogP contribution in [0.4, 0.5) is 11.4 Å². The molecule has 0 bridgehead atoms. The van der Waals surface area contributed by atoms with Gasteiger partial charge in [0.15, 0.2) is 22.9 Å². The van der Waals surface area contributed by atoms with E-state index in [1.165, 1.54) is 10.9 Å². The highest BCUT2D eigenvalue weighted by Gasteiger charge is 2.15. The minimum Gasteiger partial charge on any atom is -0.493 e. The molecule has 1 heterocycles. The zero-order valence-corrected chi connectivity index (χ0v) is 18.6. The third kappa shape index (κ3) is 5.64. The first-order valence-electron chi connectivity index (χ1n) is 10.1. The molecule has 0 aliphatic carbocycles. The van der Waals surface area contributed by atoms with Crippen LogP contribution in [0.3, 0.4) is 0 Å². The SMILES string of the molecule is COc1ccccc1Oc1cnn(C)c(=O)c1Nc1cccc(C(=O)NCCN(C)C)c1. The molecule has 2 aromatic carbocycles. The number of methoxy groups -OCH3 is 1. The third-order valence-electron chi connectivity index (χ3n) is 4.63. The van der Waals surface area contributed by atoms with E-state index in [1.54, 1.807) is 56.6 Å². The van der Waals surface area contributed by atoms with Gasteiger partial charge in [-0.3, -0.25) is 9.59 Å². The number of hydrogen-bond donors (Lipinski definition) is 2. The van der Waals surface area contributed by atoms with Crippen LogP contribution in [-0.4, -0.2) is 54.9 Å². The van der Waals surface area contributed by atoms with Crippen LogP contribution < -0.4 is 25.7 Å². The second-order valence-electron chi connectivity index (χ2n) is 7.33. The van der Waals surface area contributed by atoms with Crippen LogP contribution in [0.15, 0.2) is 59.5 Å². The predicted octanol–water partition coefficient (Wildman–Crippen LogP) is 2.62. The number of aryl methyl sites for hydroxylation is 1. The molecular formula is C23H27N5O4. The average Bonchev–Trinajstić information content (AvgIpc) is 2.79. The van der Waals surface area contributed by atoms with Gasteiger partial charge in [-0.15, -0.1) is 0 Å². The lowest BCUT2D eigenvalue weighted by Gasteiger charge is -2.15. The van der Waals surface area contributed by atoms with Crippen molar-refractivity contribution >= 4 is 17.3 Å². The van der Waals surface area contributed by atoms with E-state index in [0.29, 0.717) is 29.3 Å². The quantitative estimate of drug-likeness (QED) is 0.531. The maximum absolute atomic E-state index is 12.8. The van der Waals surface area contributed by atoms with Gasteiger partial charge in [0.05, 0.1) is 13.3 Å². The summed E-state index contributed by atoms with van der Waals surface area (Å²) in [7, 11) is 6.97. The van der Waals surface area contributed by atoms with Crippen molar-refractivity contribution in [3.8, 4) is 17.2 Å². The maximum Gasteiger partial charge on any atom is 0.294 e. The molecule has 0 radical (unpaired) electrons. The molecule has 3 aromatic rings. The van der Waals surface area contributed by atoms with E-state index in [4.69, 9.17) is 9.47 Å². The number of amides is 1. The molecule has 1 amide bonds. The first kappa shape index (κ1) is 22.8. The summed E-state index contributed by atoms with van der Waals surface area (Å²) < 4.78 is 12.5. The smallest absolute Gasteiger partial charge is 0.294 e. The molecule has 0 saturated heterocycles. The lowest BCUT2D eigenvalue weighted by molar-refractivity contribution is 0.0951. The molecule has 0 aliphatic heterocycles. The first-order chi connectivity index (χ1) is 15.4. The topological polar surface area (TPSA) is 97.7 Å². The van der Waals surface area contributed by atoms with Crippen molar-refractivity contribution in [2.75, 3.05) is 39.6 Å². The fourth-order valence-corrected chi connectivity index (χ4v) is 2.91. The van der Waals surface area contributed by atoms with E-state index in [9.17, 15) is 9.59 Å². The molecular weight excluding hydrogens is 410 g/mol. The lowest BCUT2D eigenvalue weighted by atomic mass is 10.2. The summed E-state index contributed by atoms with van der Waals surface area (Å²) in [6, 6.07) is 14.0. The molecule has 0 unspecified atom stereocenters. The number of para-hydroxylation sites is 2. The van der Waals surface area contributed by atoms with Crippen molar-refractivity contribution in [2.24, 2.45) is 7.05 Å². The van der Waals surface area contributed by atoms with Crippen LogP contribution in [0, 0.1) is 0 Å². The number of ether oxygens (including phenoxy) is 2. The number of hydrogen-bond acceptors (Lipinski definition) is 7. The molecule has 0 saturated carbocycles. The number of likely N-dealkylation sites (N-methyl/N-ethyl adjacent to an activating group) is 1. The standard InChI is InChI=1S/C23H27N5O4/c1-27(2)13-12-24-22(29)16-8-7-9-17(14-16)26-21-20(15-25-28(3)23(21)30)32-19-11-6-5-10-18(19)31-4/h5-11,14-15,26H,12-13H2,1-4H3,(H,24,29). The summed E-state index contributed by atoms with van der Waals surface area (Å²) in [6.07, 6.45) is 1.45. The van der Waals surface area contributed by atoms with Crippen LogP contribution in [0.25, 0.3) is 0 Å². The summed E-state index contributed by atoms with van der Waals surface area (Å²) >= 11 is 0. The van der Waals surface area contributed by atoms with E-state index in [-0.39, 0.29) is 22.9 Å². The number of anilines is 2. The van der Waals surface area contributed by atoms with Gasteiger partial charge in [0.25, 0.3) is 11.5 Å². The summed E-state index contributed by atoms with van der Waals surface area (Å²) in [5, 5.41) is 10.0. The number of aromatic nitrogens is 2. The molecule has 0 atom stereocenters. The van der Waals surface area contributed by atoms with Gasteiger partial charge in [0, 0.05) is 31.4 Å². The Morgan fingerprint density at radius 2 is 1.84 bits per heavy atom. The lowest BCUT2D eigenvalue weighted by Crippen LogP contribution is -2.31. The zero-order valence-electron chi connectivity index (χ0n) is 18.6. The van der Waals surface area contributed by atoms with E-state index in [0.717, 1.165) is 6.54 Å². The first-order valence-corrected chi connectivity index (χ1v) is 10.1. The Morgan fingerprint density at radius 3 is 2.56 bits per heavy atom.